The Morgan fingerprint density at radius 3 is 1.24 bits per heavy atom. The van der Waals surface area contributed by atoms with Crippen LogP contribution in [0.1, 0.15) is 169 Å². The molecule has 38 heavy (non-hydrogen) atoms. The molecule has 12 atom stereocenters. The smallest absolute Gasteiger partial charge is 0.0266 e. The fourth-order valence-electron chi connectivity index (χ4n) is 14.6. The predicted molar refractivity (Wildman–Crippen MR) is 162 cm³/mol. The molecule has 0 aromatic carbocycles. The summed E-state index contributed by atoms with van der Waals surface area (Å²) in [4.78, 5) is 0. The van der Waals surface area contributed by atoms with Crippen LogP contribution in [0.5, 0.6) is 0 Å². The largest absolute Gasteiger partial charge is 0.0594 e. The Kier molecular flexibility index (Phi) is 6.92. The lowest BCUT2D eigenvalue weighted by atomic mass is 9.45. The van der Waals surface area contributed by atoms with E-state index in [-0.39, 0.29) is 0 Å². The van der Waals surface area contributed by atoms with Crippen molar-refractivity contribution >= 4 is 0 Å². The van der Waals surface area contributed by atoms with Gasteiger partial charge in [0.15, 0.2) is 0 Å². The van der Waals surface area contributed by atoms with Gasteiger partial charge in [0, 0.05) is 0 Å². The van der Waals surface area contributed by atoms with Crippen molar-refractivity contribution < 1.29 is 0 Å². The molecule has 8 aliphatic carbocycles. The van der Waals surface area contributed by atoms with Gasteiger partial charge in [-0.05, 0) is 172 Å². The van der Waals surface area contributed by atoms with Crippen LogP contribution in [-0.4, -0.2) is 0 Å². The van der Waals surface area contributed by atoms with Crippen molar-refractivity contribution in [3.63, 3.8) is 0 Å². The summed E-state index contributed by atoms with van der Waals surface area (Å²) < 4.78 is 0. The van der Waals surface area contributed by atoms with Crippen molar-refractivity contribution in [2.24, 2.45) is 69.0 Å². The molecule has 0 bridgehead atoms. The molecule has 0 aromatic rings. The highest BCUT2D eigenvalue weighted by Gasteiger charge is 2.58. The highest BCUT2D eigenvalue weighted by molar-refractivity contribution is 5.08. The van der Waals surface area contributed by atoms with Crippen LogP contribution in [0.25, 0.3) is 0 Å². The Morgan fingerprint density at radius 1 is 0.342 bits per heavy atom. The molecule has 0 spiro atoms. The van der Waals surface area contributed by atoms with Gasteiger partial charge < -0.3 is 0 Å². The monoisotopic (exact) mass is 521 g/mol. The van der Waals surface area contributed by atoms with Gasteiger partial charge in [0.05, 0.1) is 0 Å². The van der Waals surface area contributed by atoms with E-state index in [1.807, 2.05) is 0 Å². The summed E-state index contributed by atoms with van der Waals surface area (Å²) in [6, 6.07) is 0. The fraction of sp³-hybridized carbons (Fsp3) is 1.00. The lowest BCUT2D eigenvalue weighted by Gasteiger charge is -2.60. The molecule has 0 N–H and O–H groups in total. The van der Waals surface area contributed by atoms with Crippen molar-refractivity contribution in [3.8, 4) is 0 Å². The Bertz CT molecular complexity index is 788. The maximum Gasteiger partial charge on any atom is -0.0266 e. The number of fused-ring (bicyclic) bond motifs is 10. The Hall–Kier alpha value is 0. The average molecular weight is 521 g/mol. The SMILES string of the molecule is C[C@@]12CCC[C@H]1[C@@H]1CC[C@H]3CCCC[C@]3(C)[C@H]1CC2.C[C@@]12CCC[C@H]1[C@@H]1CC[C@H]3CCCC[C@]3(C)[C@H]1CC2. The van der Waals surface area contributed by atoms with Crippen molar-refractivity contribution in [2.75, 3.05) is 0 Å². The highest BCUT2D eigenvalue weighted by Crippen LogP contribution is 2.67. The second-order valence-electron chi connectivity index (χ2n) is 18.0. The van der Waals surface area contributed by atoms with Gasteiger partial charge in [-0.3, -0.25) is 0 Å². The molecule has 8 aliphatic rings. The summed E-state index contributed by atoms with van der Waals surface area (Å²) in [5, 5.41) is 0. The second kappa shape index (κ2) is 9.79. The van der Waals surface area contributed by atoms with E-state index in [1.165, 1.54) is 38.5 Å². The Labute approximate surface area is 237 Å². The van der Waals surface area contributed by atoms with E-state index in [1.54, 1.807) is 103 Å². The molecule has 8 saturated carbocycles. The molecule has 0 aromatic heterocycles. The van der Waals surface area contributed by atoms with Crippen LogP contribution in [0.2, 0.25) is 0 Å². The van der Waals surface area contributed by atoms with Crippen LogP contribution in [0.3, 0.4) is 0 Å². The van der Waals surface area contributed by atoms with Gasteiger partial charge in [-0.25, -0.2) is 0 Å². The molecule has 0 unspecified atom stereocenters. The molecule has 0 heterocycles. The number of hydrogen-bond donors (Lipinski definition) is 0. The molecule has 0 aliphatic heterocycles. The van der Waals surface area contributed by atoms with Crippen molar-refractivity contribution in [2.45, 2.75) is 169 Å². The average Bonchev–Trinajstić information content (AvgIpc) is 3.51. The summed E-state index contributed by atoms with van der Waals surface area (Å²) in [5.74, 6) is 8.81. The fourth-order valence-corrected chi connectivity index (χ4v) is 14.6. The summed E-state index contributed by atoms with van der Waals surface area (Å²) in [6.45, 7) is 10.7. The third-order valence-electron chi connectivity index (χ3n) is 16.7. The van der Waals surface area contributed by atoms with E-state index in [4.69, 9.17) is 0 Å². The molecule has 8 rings (SSSR count). The van der Waals surface area contributed by atoms with Crippen LogP contribution < -0.4 is 0 Å². The maximum atomic E-state index is 2.70. The zero-order valence-corrected chi connectivity index (χ0v) is 26.2. The van der Waals surface area contributed by atoms with Gasteiger partial charge >= 0.3 is 0 Å². The van der Waals surface area contributed by atoms with E-state index < -0.39 is 0 Å². The maximum absolute atomic E-state index is 2.70. The van der Waals surface area contributed by atoms with Crippen LogP contribution in [0.15, 0.2) is 0 Å². The van der Waals surface area contributed by atoms with Crippen molar-refractivity contribution in [3.05, 3.63) is 0 Å². The molecule has 0 saturated heterocycles. The number of rotatable bonds is 0. The lowest BCUT2D eigenvalue weighted by molar-refractivity contribution is -0.103. The summed E-state index contributed by atoms with van der Waals surface area (Å²) in [7, 11) is 0. The molecule has 0 amide bonds. The molecular formula is C38H64. The first kappa shape index (κ1) is 26.9. The Morgan fingerprint density at radius 2 is 0.789 bits per heavy atom. The first-order chi connectivity index (χ1) is 18.3. The van der Waals surface area contributed by atoms with Gasteiger partial charge in [-0.1, -0.05) is 66.2 Å². The molecule has 0 radical (unpaired) electrons. The van der Waals surface area contributed by atoms with Crippen molar-refractivity contribution in [1.82, 2.24) is 0 Å². The van der Waals surface area contributed by atoms with Crippen LogP contribution in [0.4, 0.5) is 0 Å². The minimum Gasteiger partial charge on any atom is -0.0594 e. The van der Waals surface area contributed by atoms with E-state index in [2.05, 4.69) is 27.7 Å². The highest BCUT2D eigenvalue weighted by atomic mass is 14.6. The molecule has 8 fully saturated rings. The minimum atomic E-state index is 0.741. The van der Waals surface area contributed by atoms with Crippen LogP contribution in [0, 0.1) is 69.0 Å². The third-order valence-corrected chi connectivity index (χ3v) is 16.7. The van der Waals surface area contributed by atoms with Gasteiger partial charge in [0.1, 0.15) is 0 Å². The molecule has 0 heteroatoms. The predicted octanol–water partition coefficient (Wildman–Crippen LogP) is 11.6. The zero-order chi connectivity index (χ0) is 26.2. The van der Waals surface area contributed by atoms with Gasteiger partial charge in [0.2, 0.25) is 0 Å². The van der Waals surface area contributed by atoms with Gasteiger partial charge in [-0.2, -0.15) is 0 Å². The molecular weight excluding hydrogens is 456 g/mol. The first-order valence-electron chi connectivity index (χ1n) is 18.3. The number of hydrogen-bond acceptors (Lipinski definition) is 0. The van der Waals surface area contributed by atoms with E-state index >= 15 is 0 Å². The topological polar surface area (TPSA) is 0 Å². The summed E-state index contributed by atoms with van der Waals surface area (Å²) in [5.41, 5.74) is 2.98. The second-order valence-corrected chi connectivity index (χ2v) is 18.0. The minimum absolute atomic E-state index is 0.741. The lowest BCUT2D eigenvalue weighted by Crippen LogP contribution is -2.51. The van der Waals surface area contributed by atoms with Crippen LogP contribution in [-0.2, 0) is 0 Å². The summed E-state index contributed by atoms with van der Waals surface area (Å²) >= 11 is 0. The molecule has 216 valence electrons. The van der Waals surface area contributed by atoms with E-state index in [0.717, 1.165) is 69.0 Å². The summed E-state index contributed by atoms with van der Waals surface area (Å²) in [6.07, 6.45) is 34.2. The van der Waals surface area contributed by atoms with Crippen molar-refractivity contribution in [1.29, 1.82) is 0 Å². The van der Waals surface area contributed by atoms with Gasteiger partial charge in [-0.15, -0.1) is 0 Å². The zero-order valence-electron chi connectivity index (χ0n) is 26.2. The van der Waals surface area contributed by atoms with Gasteiger partial charge in [0.25, 0.3) is 0 Å². The first-order valence-corrected chi connectivity index (χ1v) is 18.3. The molecule has 0 nitrogen and oxygen atoms in total. The standard InChI is InChI=1S/2C19H32/c2*1-18-11-5-7-16(18)15-9-8-14-6-3-4-12-19(14,2)17(15)10-13-18/h2*14-17H,3-13H2,1-2H3/t2*14-,15+,16+,17+,18+,19+/m11/s1. The normalized spacial score (nSPS) is 57.2. The van der Waals surface area contributed by atoms with E-state index in [0.29, 0.717) is 0 Å². The Balaban J connectivity index is 0.000000127. The third kappa shape index (κ3) is 4.08. The van der Waals surface area contributed by atoms with Crippen LogP contribution >= 0.6 is 0 Å². The quantitative estimate of drug-likeness (QED) is 0.298. The van der Waals surface area contributed by atoms with E-state index in [9.17, 15) is 0 Å².